The fraction of sp³-hybridized carbons (Fsp3) is 0.167. The molecule has 0 aliphatic carbocycles. The van der Waals surface area contributed by atoms with E-state index < -0.39 is 11.5 Å². The molecule has 0 heterocycles. The summed E-state index contributed by atoms with van der Waals surface area (Å²) in [6, 6.07) is 18.8. The van der Waals surface area contributed by atoms with E-state index >= 15 is 0 Å². The largest absolute Gasteiger partial charge is 0.459 e. The van der Waals surface area contributed by atoms with Crippen LogP contribution in [0.2, 0.25) is 0 Å². The molecule has 2 rings (SSSR count). The summed E-state index contributed by atoms with van der Waals surface area (Å²) in [5.41, 5.74) is 6.75. The number of ether oxygens (including phenoxy) is 1. The van der Waals surface area contributed by atoms with Gasteiger partial charge in [0.15, 0.2) is 0 Å². The van der Waals surface area contributed by atoms with Crippen molar-refractivity contribution in [2.45, 2.75) is 18.6 Å². The zero-order valence-electron chi connectivity index (χ0n) is 11.9. The molecule has 0 radical (unpaired) electrons. The van der Waals surface area contributed by atoms with Crippen LogP contribution in [0.3, 0.4) is 0 Å². The highest BCUT2D eigenvalue weighted by Gasteiger charge is 2.36. The third-order valence-corrected chi connectivity index (χ3v) is 3.33. The maximum Gasteiger partial charge on any atom is 0.331 e. The van der Waals surface area contributed by atoms with Crippen LogP contribution < -0.4 is 5.73 Å². The van der Waals surface area contributed by atoms with Gasteiger partial charge in [-0.25, -0.2) is 4.79 Å². The van der Waals surface area contributed by atoms with Crippen LogP contribution in [0, 0.1) is 0 Å². The number of esters is 1. The SMILES string of the molecule is C=CCC(N)(C(=O)OCc1ccccc1)c1ccccc1. The van der Waals surface area contributed by atoms with Gasteiger partial charge in [0.2, 0.25) is 0 Å². The Morgan fingerprint density at radius 2 is 1.67 bits per heavy atom. The minimum absolute atomic E-state index is 0.211. The molecule has 0 saturated carbocycles. The maximum absolute atomic E-state index is 12.4. The molecule has 0 fully saturated rings. The van der Waals surface area contributed by atoms with Gasteiger partial charge in [-0.05, 0) is 17.5 Å². The summed E-state index contributed by atoms with van der Waals surface area (Å²) < 4.78 is 5.39. The summed E-state index contributed by atoms with van der Waals surface area (Å²) >= 11 is 0. The van der Waals surface area contributed by atoms with Gasteiger partial charge >= 0.3 is 5.97 Å². The van der Waals surface area contributed by atoms with Crippen molar-refractivity contribution in [3.63, 3.8) is 0 Å². The van der Waals surface area contributed by atoms with Crippen LogP contribution in [0.4, 0.5) is 0 Å². The van der Waals surface area contributed by atoms with Crippen molar-refractivity contribution in [1.29, 1.82) is 0 Å². The summed E-state index contributed by atoms with van der Waals surface area (Å²) in [5, 5.41) is 0. The fourth-order valence-electron chi connectivity index (χ4n) is 2.13. The van der Waals surface area contributed by atoms with E-state index in [-0.39, 0.29) is 6.61 Å². The van der Waals surface area contributed by atoms with E-state index in [2.05, 4.69) is 6.58 Å². The summed E-state index contributed by atoms with van der Waals surface area (Å²) in [7, 11) is 0. The number of carbonyl (C=O) groups excluding carboxylic acids is 1. The number of benzene rings is 2. The molecule has 2 aromatic carbocycles. The van der Waals surface area contributed by atoms with Gasteiger partial charge in [-0.2, -0.15) is 0 Å². The first-order valence-corrected chi connectivity index (χ1v) is 6.83. The Kier molecular flexibility index (Phi) is 4.90. The highest BCUT2D eigenvalue weighted by atomic mass is 16.5. The topological polar surface area (TPSA) is 52.3 Å². The summed E-state index contributed by atoms with van der Waals surface area (Å²) in [6.07, 6.45) is 1.96. The smallest absolute Gasteiger partial charge is 0.331 e. The van der Waals surface area contributed by atoms with Crippen molar-refractivity contribution in [2.24, 2.45) is 5.73 Å². The van der Waals surface area contributed by atoms with Crippen molar-refractivity contribution in [2.75, 3.05) is 0 Å². The number of nitrogens with two attached hydrogens (primary N) is 1. The number of hydrogen-bond acceptors (Lipinski definition) is 3. The lowest BCUT2D eigenvalue weighted by molar-refractivity contribution is -0.152. The molecule has 108 valence electrons. The highest BCUT2D eigenvalue weighted by molar-refractivity contribution is 5.82. The summed E-state index contributed by atoms with van der Waals surface area (Å²) in [6.45, 7) is 3.90. The van der Waals surface area contributed by atoms with E-state index in [1.54, 1.807) is 6.08 Å². The fourth-order valence-corrected chi connectivity index (χ4v) is 2.13. The van der Waals surface area contributed by atoms with E-state index in [1.807, 2.05) is 60.7 Å². The van der Waals surface area contributed by atoms with Gasteiger partial charge in [-0.1, -0.05) is 66.7 Å². The number of hydrogen-bond donors (Lipinski definition) is 1. The zero-order chi connectivity index (χ0) is 15.1. The van der Waals surface area contributed by atoms with Crippen molar-refractivity contribution >= 4 is 5.97 Å². The minimum atomic E-state index is -1.20. The molecule has 1 unspecified atom stereocenters. The lowest BCUT2D eigenvalue weighted by Crippen LogP contribution is -2.45. The average molecular weight is 281 g/mol. The van der Waals surface area contributed by atoms with Crippen molar-refractivity contribution in [3.05, 3.63) is 84.4 Å². The van der Waals surface area contributed by atoms with Gasteiger partial charge in [-0.15, -0.1) is 6.58 Å². The Morgan fingerprint density at radius 1 is 1.10 bits per heavy atom. The second-order valence-corrected chi connectivity index (χ2v) is 4.89. The molecule has 0 aliphatic rings. The van der Waals surface area contributed by atoms with Crippen LogP contribution in [0.15, 0.2) is 73.3 Å². The molecule has 2 N–H and O–H groups in total. The third-order valence-electron chi connectivity index (χ3n) is 3.33. The Labute approximate surface area is 125 Å². The second-order valence-electron chi connectivity index (χ2n) is 4.89. The first kappa shape index (κ1) is 15.0. The summed E-state index contributed by atoms with van der Waals surface area (Å²) in [4.78, 5) is 12.4. The van der Waals surface area contributed by atoms with Gasteiger partial charge in [0.25, 0.3) is 0 Å². The highest BCUT2D eigenvalue weighted by Crippen LogP contribution is 2.24. The first-order chi connectivity index (χ1) is 10.2. The lowest BCUT2D eigenvalue weighted by atomic mass is 9.88. The van der Waals surface area contributed by atoms with Gasteiger partial charge in [0.05, 0.1) is 0 Å². The molecular formula is C18H19NO2. The number of rotatable bonds is 6. The third kappa shape index (κ3) is 3.58. The Bertz CT molecular complexity index is 595. The lowest BCUT2D eigenvalue weighted by Gasteiger charge is -2.26. The van der Waals surface area contributed by atoms with Crippen LogP contribution in [-0.4, -0.2) is 5.97 Å². The molecule has 3 heteroatoms. The Balaban J connectivity index is 2.14. The quantitative estimate of drug-likeness (QED) is 0.653. The normalized spacial score (nSPS) is 13.2. The molecule has 0 bridgehead atoms. The monoisotopic (exact) mass is 281 g/mol. The molecule has 21 heavy (non-hydrogen) atoms. The summed E-state index contributed by atoms with van der Waals surface area (Å²) in [5.74, 6) is -0.447. The zero-order valence-corrected chi connectivity index (χ0v) is 11.9. The van der Waals surface area contributed by atoms with Gasteiger partial charge in [0.1, 0.15) is 12.1 Å². The van der Waals surface area contributed by atoms with E-state index in [0.717, 1.165) is 11.1 Å². The predicted octanol–water partition coefficient (Wildman–Crippen LogP) is 3.16. The Hall–Kier alpha value is -2.39. The molecule has 0 saturated heterocycles. The van der Waals surface area contributed by atoms with Gasteiger partial charge < -0.3 is 10.5 Å². The molecular weight excluding hydrogens is 262 g/mol. The molecule has 0 aromatic heterocycles. The van der Waals surface area contributed by atoms with Gasteiger partial charge in [-0.3, -0.25) is 0 Å². The van der Waals surface area contributed by atoms with E-state index in [9.17, 15) is 4.79 Å². The molecule has 0 aliphatic heterocycles. The average Bonchev–Trinajstić information content (AvgIpc) is 2.54. The van der Waals surface area contributed by atoms with Crippen LogP contribution in [0.25, 0.3) is 0 Å². The molecule has 0 spiro atoms. The van der Waals surface area contributed by atoms with Crippen molar-refractivity contribution in [3.8, 4) is 0 Å². The van der Waals surface area contributed by atoms with E-state index in [1.165, 1.54) is 0 Å². The van der Waals surface area contributed by atoms with Crippen molar-refractivity contribution in [1.82, 2.24) is 0 Å². The van der Waals surface area contributed by atoms with Crippen LogP contribution in [0.1, 0.15) is 17.5 Å². The number of carbonyl (C=O) groups is 1. The Morgan fingerprint density at radius 3 is 2.24 bits per heavy atom. The standard InChI is InChI=1S/C18H19NO2/c1-2-13-18(19,16-11-7-4-8-12-16)17(20)21-14-15-9-5-3-6-10-15/h2-12H,1,13-14,19H2. The second kappa shape index (κ2) is 6.86. The van der Waals surface area contributed by atoms with E-state index in [0.29, 0.717) is 6.42 Å². The van der Waals surface area contributed by atoms with E-state index in [4.69, 9.17) is 10.5 Å². The van der Waals surface area contributed by atoms with Crippen LogP contribution in [-0.2, 0) is 21.7 Å². The van der Waals surface area contributed by atoms with Crippen LogP contribution >= 0.6 is 0 Å². The molecule has 2 aromatic rings. The first-order valence-electron chi connectivity index (χ1n) is 6.83. The van der Waals surface area contributed by atoms with Gasteiger partial charge in [0, 0.05) is 0 Å². The predicted molar refractivity (Wildman–Crippen MR) is 83.4 cm³/mol. The van der Waals surface area contributed by atoms with Crippen LogP contribution in [0.5, 0.6) is 0 Å². The maximum atomic E-state index is 12.4. The van der Waals surface area contributed by atoms with Crippen molar-refractivity contribution < 1.29 is 9.53 Å². The molecule has 3 nitrogen and oxygen atoms in total. The molecule has 1 atom stereocenters. The molecule has 0 amide bonds. The minimum Gasteiger partial charge on any atom is -0.459 e.